The molecule has 1 heterocycles. The first kappa shape index (κ1) is 13.9. The largest absolute Gasteiger partial charge is 0.343 e. The predicted octanol–water partition coefficient (Wildman–Crippen LogP) is 2.36. The standard InChI is InChI=1S/C14H21NO2S/c1-11(15)9-18-10-13-8-16-14(2,17-13)12-6-4-3-5-7-12/h3-7,11,13H,8-10,15H2,1-2H3. The molecule has 2 rings (SSSR count). The van der Waals surface area contributed by atoms with Crippen molar-refractivity contribution >= 4 is 11.8 Å². The number of hydrogen-bond acceptors (Lipinski definition) is 4. The van der Waals surface area contributed by atoms with Gasteiger partial charge in [0, 0.05) is 23.1 Å². The van der Waals surface area contributed by atoms with Crippen molar-refractivity contribution in [3.05, 3.63) is 35.9 Å². The number of hydrogen-bond donors (Lipinski definition) is 1. The topological polar surface area (TPSA) is 44.5 Å². The summed E-state index contributed by atoms with van der Waals surface area (Å²) in [6, 6.07) is 10.3. The molecule has 0 spiro atoms. The molecule has 3 atom stereocenters. The molecule has 1 aromatic carbocycles. The average molecular weight is 267 g/mol. The van der Waals surface area contributed by atoms with Crippen LogP contribution in [-0.4, -0.2) is 30.3 Å². The highest BCUT2D eigenvalue weighted by atomic mass is 32.2. The third-order valence-electron chi connectivity index (χ3n) is 2.92. The molecule has 0 radical (unpaired) electrons. The molecule has 0 saturated carbocycles. The van der Waals surface area contributed by atoms with E-state index in [9.17, 15) is 0 Å². The molecule has 1 aliphatic rings. The summed E-state index contributed by atoms with van der Waals surface area (Å²) in [6.07, 6.45) is 0.152. The number of rotatable bonds is 5. The molecule has 100 valence electrons. The van der Waals surface area contributed by atoms with E-state index < -0.39 is 5.79 Å². The van der Waals surface area contributed by atoms with E-state index in [4.69, 9.17) is 15.2 Å². The van der Waals surface area contributed by atoms with Crippen LogP contribution < -0.4 is 5.73 Å². The molecule has 0 bridgehead atoms. The van der Waals surface area contributed by atoms with Crippen molar-refractivity contribution in [1.29, 1.82) is 0 Å². The van der Waals surface area contributed by atoms with E-state index in [1.165, 1.54) is 0 Å². The minimum absolute atomic E-state index is 0.152. The minimum Gasteiger partial charge on any atom is -0.343 e. The maximum Gasteiger partial charge on any atom is 0.192 e. The van der Waals surface area contributed by atoms with Crippen molar-refractivity contribution in [3.8, 4) is 0 Å². The van der Waals surface area contributed by atoms with Gasteiger partial charge < -0.3 is 15.2 Å². The molecule has 1 fully saturated rings. The fourth-order valence-electron chi connectivity index (χ4n) is 2.00. The Morgan fingerprint density at radius 3 is 2.83 bits per heavy atom. The number of nitrogens with two attached hydrogens (primary N) is 1. The van der Waals surface area contributed by atoms with E-state index in [0.717, 1.165) is 17.1 Å². The lowest BCUT2D eigenvalue weighted by Crippen LogP contribution is -2.25. The lowest BCUT2D eigenvalue weighted by molar-refractivity contribution is -0.159. The normalized spacial score (nSPS) is 29.4. The van der Waals surface area contributed by atoms with Gasteiger partial charge in [-0.1, -0.05) is 30.3 Å². The van der Waals surface area contributed by atoms with Gasteiger partial charge in [0.25, 0.3) is 0 Å². The van der Waals surface area contributed by atoms with Crippen molar-refractivity contribution in [2.75, 3.05) is 18.1 Å². The van der Waals surface area contributed by atoms with Crippen molar-refractivity contribution in [2.45, 2.75) is 31.8 Å². The Balaban J connectivity index is 1.87. The van der Waals surface area contributed by atoms with Crippen LogP contribution in [0.1, 0.15) is 19.4 Å². The Morgan fingerprint density at radius 1 is 1.44 bits per heavy atom. The molecule has 1 aromatic rings. The van der Waals surface area contributed by atoms with Gasteiger partial charge in [0.2, 0.25) is 0 Å². The maximum atomic E-state index is 6.03. The highest BCUT2D eigenvalue weighted by molar-refractivity contribution is 7.99. The van der Waals surface area contributed by atoms with E-state index in [1.807, 2.05) is 55.9 Å². The molecule has 3 unspecified atom stereocenters. The monoisotopic (exact) mass is 267 g/mol. The van der Waals surface area contributed by atoms with Gasteiger partial charge in [0.05, 0.1) is 12.7 Å². The van der Waals surface area contributed by atoms with E-state index >= 15 is 0 Å². The third-order valence-corrected chi connectivity index (χ3v) is 4.29. The molecule has 3 nitrogen and oxygen atoms in total. The van der Waals surface area contributed by atoms with Crippen LogP contribution >= 0.6 is 11.8 Å². The SMILES string of the molecule is CC(N)CSCC1COC(C)(c2ccccc2)O1. The van der Waals surface area contributed by atoms with Gasteiger partial charge in [-0.25, -0.2) is 0 Å². The second kappa shape index (κ2) is 6.06. The molecule has 0 aliphatic carbocycles. The highest BCUT2D eigenvalue weighted by Gasteiger charge is 2.38. The van der Waals surface area contributed by atoms with Gasteiger partial charge in [-0.15, -0.1) is 0 Å². The van der Waals surface area contributed by atoms with E-state index in [2.05, 4.69) is 0 Å². The number of ether oxygens (including phenoxy) is 2. The van der Waals surface area contributed by atoms with E-state index in [1.54, 1.807) is 0 Å². The molecular formula is C14H21NO2S. The fourth-order valence-corrected chi connectivity index (χ4v) is 2.93. The quantitative estimate of drug-likeness (QED) is 0.889. The smallest absolute Gasteiger partial charge is 0.192 e. The molecule has 0 aromatic heterocycles. The predicted molar refractivity (Wildman–Crippen MR) is 75.6 cm³/mol. The molecular weight excluding hydrogens is 246 g/mol. The lowest BCUT2D eigenvalue weighted by atomic mass is 10.1. The zero-order chi connectivity index (χ0) is 13.0. The van der Waals surface area contributed by atoms with Crippen LogP contribution in [0.4, 0.5) is 0 Å². The first-order valence-corrected chi connectivity index (χ1v) is 7.46. The summed E-state index contributed by atoms with van der Waals surface area (Å²) in [6.45, 7) is 4.66. The number of benzene rings is 1. The Morgan fingerprint density at radius 2 is 2.17 bits per heavy atom. The van der Waals surface area contributed by atoms with Gasteiger partial charge in [-0.3, -0.25) is 0 Å². The summed E-state index contributed by atoms with van der Waals surface area (Å²) < 4.78 is 11.9. The highest BCUT2D eigenvalue weighted by Crippen LogP contribution is 2.34. The second-order valence-corrected chi connectivity index (χ2v) is 5.95. The zero-order valence-corrected chi connectivity index (χ0v) is 11.8. The molecule has 2 N–H and O–H groups in total. The van der Waals surface area contributed by atoms with Crippen molar-refractivity contribution in [3.63, 3.8) is 0 Å². The van der Waals surface area contributed by atoms with Crippen LogP contribution in [0, 0.1) is 0 Å². The summed E-state index contributed by atoms with van der Waals surface area (Å²) in [5.74, 6) is 1.30. The average Bonchev–Trinajstić information content (AvgIpc) is 2.73. The first-order chi connectivity index (χ1) is 8.60. The Hall–Kier alpha value is -0.550. The van der Waals surface area contributed by atoms with E-state index in [0.29, 0.717) is 6.61 Å². The third kappa shape index (κ3) is 3.48. The molecule has 0 amide bonds. The van der Waals surface area contributed by atoms with Gasteiger partial charge in [-0.05, 0) is 13.8 Å². The summed E-state index contributed by atoms with van der Waals surface area (Å²) in [7, 11) is 0. The van der Waals surface area contributed by atoms with Crippen LogP contribution in [0.5, 0.6) is 0 Å². The lowest BCUT2D eigenvalue weighted by Gasteiger charge is -2.23. The van der Waals surface area contributed by atoms with Crippen molar-refractivity contribution in [1.82, 2.24) is 0 Å². The van der Waals surface area contributed by atoms with Crippen LogP contribution in [0.15, 0.2) is 30.3 Å². The zero-order valence-electron chi connectivity index (χ0n) is 11.0. The fraction of sp³-hybridized carbons (Fsp3) is 0.571. The Labute approximate surface area is 113 Å². The Kier molecular flexibility index (Phi) is 4.67. The van der Waals surface area contributed by atoms with Crippen LogP contribution in [0.2, 0.25) is 0 Å². The van der Waals surface area contributed by atoms with Crippen LogP contribution in [0.25, 0.3) is 0 Å². The van der Waals surface area contributed by atoms with E-state index in [-0.39, 0.29) is 12.1 Å². The van der Waals surface area contributed by atoms with Gasteiger partial charge in [0.1, 0.15) is 0 Å². The number of thioether (sulfide) groups is 1. The summed E-state index contributed by atoms with van der Waals surface area (Å²) in [5, 5.41) is 0. The van der Waals surface area contributed by atoms with Gasteiger partial charge in [-0.2, -0.15) is 11.8 Å². The maximum absolute atomic E-state index is 6.03. The van der Waals surface area contributed by atoms with Gasteiger partial charge in [0.15, 0.2) is 5.79 Å². The molecule has 18 heavy (non-hydrogen) atoms. The second-order valence-electron chi connectivity index (χ2n) is 4.88. The molecule has 1 aliphatic heterocycles. The van der Waals surface area contributed by atoms with Crippen LogP contribution in [0.3, 0.4) is 0 Å². The minimum atomic E-state index is -0.596. The van der Waals surface area contributed by atoms with Crippen LogP contribution in [-0.2, 0) is 15.3 Å². The Bertz CT molecular complexity index is 371. The summed E-state index contributed by atoms with van der Waals surface area (Å²) >= 11 is 1.82. The van der Waals surface area contributed by atoms with Gasteiger partial charge >= 0.3 is 0 Å². The summed E-state index contributed by atoms with van der Waals surface area (Å²) in [4.78, 5) is 0. The van der Waals surface area contributed by atoms with Crippen molar-refractivity contribution < 1.29 is 9.47 Å². The first-order valence-electron chi connectivity index (χ1n) is 6.31. The molecule has 4 heteroatoms. The van der Waals surface area contributed by atoms with Crippen molar-refractivity contribution in [2.24, 2.45) is 5.73 Å². The molecule has 1 saturated heterocycles. The summed E-state index contributed by atoms with van der Waals surface area (Å²) in [5.41, 5.74) is 6.80.